The fraction of sp³-hybridized carbons (Fsp3) is 0.273. The molecule has 1 saturated heterocycles. The van der Waals surface area contributed by atoms with E-state index in [2.05, 4.69) is 0 Å². The monoisotopic (exact) mass is 412 g/mol. The number of anilines is 1. The van der Waals surface area contributed by atoms with Crippen LogP contribution in [0.3, 0.4) is 0 Å². The van der Waals surface area contributed by atoms with Crippen LogP contribution in [0.5, 0.6) is 0 Å². The minimum Gasteiger partial charge on any atom is -0.376 e. The van der Waals surface area contributed by atoms with Crippen molar-refractivity contribution < 1.29 is 9.53 Å². The summed E-state index contributed by atoms with van der Waals surface area (Å²) >= 11 is 7.75. The minimum absolute atomic E-state index is 0.0470. The van der Waals surface area contributed by atoms with Crippen LogP contribution in [0.2, 0.25) is 5.02 Å². The fourth-order valence-corrected chi connectivity index (χ4v) is 4.47. The fourth-order valence-electron chi connectivity index (χ4n) is 3.28. The lowest BCUT2D eigenvalue weighted by Gasteiger charge is -2.21. The van der Waals surface area contributed by atoms with E-state index in [1.807, 2.05) is 55.5 Å². The Labute approximate surface area is 173 Å². The van der Waals surface area contributed by atoms with Gasteiger partial charge in [0, 0.05) is 17.7 Å². The van der Waals surface area contributed by atoms with Gasteiger partial charge in [-0.1, -0.05) is 53.3 Å². The summed E-state index contributed by atoms with van der Waals surface area (Å²) in [5.41, 5.74) is 2.77. The van der Waals surface area contributed by atoms with Gasteiger partial charge in [-0.2, -0.15) is 0 Å². The predicted molar refractivity (Wildman–Crippen MR) is 116 cm³/mol. The summed E-state index contributed by atoms with van der Waals surface area (Å²) in [6, 6.07) is 13.6. The van der Waals surface area contributed by atoms with Crippen molar-refractivity contribution in [2.75, 3.05) is 18.1 Å². The lowest BCUT2D eigenvalue weighted by molar-refractivity contribution is -0.114. The molecule has 0 spiro atoms. The van der Waals surface area contributed by atoms with Crippen LogP contribution < -0.4 is 4.90 Å². The molecule has 1 aliphatic rings. The maximum Gasteiger partial charge on any atom is 0.252 e. The largest absolute Gasteiger partial charge is 0.376 e. The number of carbonyl (C=O) groups excluding carboxylic acids is 1. The first-order valence-electron chi connectivity index (χ1n) is 9.33. The first-order chi connectivity index (χ1) is 13.6. The number of halogens is 1. The van der Waals surface area contributed by atoms with Crippen molar-refractivity contribution in [3.05, 3.63) is 64.7 Å². The summed E-state index contributed by atoms with van der Waals surface area (Å²) in [6.07, 6.45) is 5.48. The van der Waals surface area contributed by atoms with Crippen LogP contribution in [-0.4, -0.2) is 30.1 Å². The zero-order valence-corrected chi connectivity index (χ0v) is 17.2. The number of thiazole rings is 1. The molecule has 1 unspecified atom stereocenters. The highest BCUT2D eigenvalue weighted by Gasteiger charge is 2.25. The summed E-state index contributed by atoms with van der Waals surface area (Å²) in [5, 5.41) is 1.36. The van der Waals surface area contributed by atoms with Crippen molar-refractivity contribution in [2.24, 2.45) is 0 Å². The molecular formula is C22H21ClN2O2S. The van der Waals surface area contributed by atoms with E-state index in [4.69, 9.17) is 21.3 Å². The molecule has 3 aromatic rings. The third kappa shape index (κ3) is 4.12. The number of amides is 1. The summed E-state index contributed by atoms with van der Waals surface area (Å²) < 4.78 is 6.79. The van der Waals surface area contributed by atoms with Gasteiger partial charge >= 0.3 is 0 Å². The van der Waals surface area contributed by atoms with Crippen LogP contribution in [-0.2, 0) is 9.53 Å². The maximum atomic E-state index is 13.1. The number of aryl methyl sites for hydroxylation is 1. The van der Waals surface area contributed by atoms with Gasteiger partial charge in [0.05, 0.1) is 22.9 Å². The number of carbonyl (C=O) groups is 1. The molecule has 1 atom stereocenters. The average molecular weight is 413 g/mol. The van der Waals surface area contributed by atoms with Crippen LogP contribution in [0.25, 0.3) is 16.3 Å². The molecule has 28 heavy (non-hydrogen) atoms. The molecule has 1 aromatic heterocycles. The SMILES string of the molecule is Cc1c(Cl)ccc2sc(N(CC3CCCO3)C(=O)/C=C/c3ccccc3)nc12. The zero-order chi connectivity index (χ0) is 19.5. The maximum absolute atomic E-state index is 13.1. The van der Waals surface area contributed by atoms with Crippen LogP contribution in [0.15, 0.2) is 48.5 Å². The standard InChI is InChI=1S/C22H21ClN2O2S/c1-15-18(23)10-11-19-21(15)24-22(28-19)25(14-17-8-5-13-27-17)20(26)12-9-16-6-3-2-4-7-16/h2-4,6-7,9-12,17H,5,8,13-14H2,1H3/b12-9+. The Morgan fingerprint density at radius 1 is 1.32 bits per heavy atom. The van der Waals surface area contributed by atoms with Crippen LogP contribution in [0, 0.1) is 6.92 Å². The number of benzene rings is 2. The Hall–Kier alpha value is -2.21. The van der Waals surface area contributed by atoms with E-state index in [0.29, 0.717) is 16.7 Å². The Morgan fingerprint density at radius 2 is 2.14 bits per heavy atom. The molecular weight excluding hydrogens is 392 g/mol. The van der Waals surface area contributed by atoms with Crippen molar-refractivity contribution in [1.29, 1.82) is 0 Å². The van der Waals surface area contributed by atoms with Crippen LogP contribution in [0.1, 0.15) is 24.0 Å². The Kier molecular flexibility index (Phi) is 5.76. The summed E-state index contributed by atoms with van der Waals surface area (Å²) in [5.74, 6) is -0.0952. The first-order valence-corrected chi connectivity index (χ1v) is 10.5. The zero-order valence-electron chi connectivity index (χ0n) is 15.6. The third-order valence-electron chi connectivity index (χ3n) is 4.86. The van der Waals surface area contributed by atoms with Crippen molar-refractivity contribution >= 4 is 50.3 Å². The van der Waals surface area contributed by atoms with Crippen molar-refractivity contribution in [3.8, 4) is 0 Å². The van der Waals surface area contributed by atoms with E-state index >= 15 is 0 Å². The number of aromatic nitrogens is 1. The van der Waals surface area contributed by atoms with Gasteiger partial charge in [-0.3, -0.25) is 9.69 Å². The molecule has 4 rings (SSSR count). The Morgan fingerprint density at radius 3 is 2.89 bits per heavy atom. The normalized spacial score (nSPS) is 16.9. The van der Waals surface area contributed by atoms with Crippen molar-refractivity contribution in [2.45, 2.75) is 25.9 Å². The van der Waals surface area contributed by atoms with E-state index in [1.165, 1.54) is 11.3 Å². The topological polar surface area (TPSA) is 42.4 Å². The van der Waals surface area contributed by atoms with E-state index < -0.39 is 0 Å². The van der Waals surface area contributed by atoms with Gasteiger partial charge in [-0.15, -0.1) is 0 Å². The Bertz CT molecular complexity index is 1010. The number of hydrogen-bond acceptors (Lipinski definition) is 4. The lowest BCUT2D eigenvalue weighted by atomic mass is 10.2. The molecule has 0 N–H and O–H groups in total. The molecule has 2 heterocycles. The summed E-state index contributed by atoms with van der Waals surface area (Å²) in [4.78, 5) is 19.5. The second-order valence-corrected chi connectivity index (χ2v) is 8.26. The molecule has 4 nitrogen and oxygen atoms in total. The summed E-state index contributed by atoms with van der Waals surface area (Å²) in [7, 11) is 0. The number of nitrogens with zero attached hydrogens (tertiary/aromatic N) is 2. The van der Waals surface area contributed by atoms with Gasteiger partial charge in [-0.05, 0) is 49.1 Å². The van der Waals surface area contributed by atoms with Gasteiger partial charge in [0.1, 0.15) is 0 Å². The molecule has 0 radical (unpaired) electrons. The number of hydrogen-bond donors (Lipinski definition) is 0. The highest BCUT2D eigenvalue weighted by atomic mass is 35.5. The second kappa shape index (κ2) is 8.43. The van der Waals surface area contributed by atoms with E-state index in [9.17, 15) is 4.79 Å². The molecule has 6 heteroatoms. The smallest absolute Gasteiger partial charge is 0.252 e. The number of ether oxygens (including phenoxy) is 1. The van der Waals surface area contributed by atoms with Crippen molar-refractivity contribution in [3.63, 3.8) is 0 Å². The molecule has 0 saturated carbocycles. The molecule has 0 bridgehead atoms. The number of fused-ring (bicyclic) bond motifs is 1. The van der Waals surface area contributed by atoms with Gasteiger partial charge < -0.3 is 4.74 Å². The molecule has 0 aliphatic carbocycles. The van der Waals surface area contributed by atoms with E-state index in [0.717, 1.165) is 40.8 Å². The number of rotatable bonds is 5. The molecule has 1 aliphatic heterocycles. The predicted octanol–water partition coefficient (Wildman–Crippen LogP) is 5.48. The van der Waals surface area contributed by atoms with E-state index in [-0.39, 0.29) is 12.0 Å². The lowest BCUT2D eigenvalue weighted by Crippen LogP contribution is -2.36. The molecule has 2 aromatic carbocycles. The highest BCUT2D eigenvalue weighted by molar-refractivity contribution is 7.22. The molecule has 144 valence electrons. The van der Waals surface area contributed by atoms with Crippen LogP contribution >= 0.6 is 22.9 Å². The van der Waals surface area contributed by atoms with Gasteiger partial charge in [0.25, 0.3) is 5.91 Å². The highest BCUT2D eigenvalue weighted by Crippen LogP contribution is 2.34. The quantitative estimate of drug-likeness (QED) is 0.521. The third-order valence-corrected chi connectivity index (χ3v) is 6.31. The van der Waals surface area contributed by atoms with Crippen molar-refractivity contribution in [1.82, 2.24) is 4.98 Å². The van der Waals surface area contributed by atoms with Gasteiger partial charge in [0.15, 0.2) is 5.13 Å². The first kappa shape index (κ1) is 19.1. The minimum atomic E-state index is -0.0952. The van der Waals surface area contributed by atoms with Gasteiger partial charge in [-0.25, -0.2) is 4.98 Å². The average Bonchev–Trinajstić information content (AvgIpc) is 3.38. The van der Waals surface area contributed by atoms with Gasteiger partial charge in [0.2, 0.25) is 0 Å². The second-order valence-electron chi connectivity index (χ2n) is 6.84. The summed E-state index contributed by atoms with van der Waals surface area (Å²) in [6.45, 7) is 3.21. The van der Waals surface area contributed by atoms with Crippen LogP contribution in [0.4, 0.5) is 5.13 Å². The molecule has 1 amide bonds. The Balaban J connectivity index is 1.66. The molecule has 1 fully saturated rings. The van der Waals surface area contributed by atoms with E-state index in [1.54, 1.807) is 11.0 Å².